The molecule has 0 amide bonds. The van der Waals surface area contributed by atoms with Crippen molar-refractivity contribution >= 4 is 22.6 Å². The third-order valence-electron chi connectivity index (χ3n) is 5.40. The van der Waals surface area contributed by atoms with Crippen molar-refractivity contribution in [2.45, 2.75) is 83.3 Å². The van der Waals surface area contributed by atoms with Gasteiger partial charge >= 0.3 is 0 Å². The molecule has 0 unspecified atom stereocenters. The average molecular weight is 408 g/mol. The fourth-order valence-corrected chi connectivity index (χ4v) is 4.79. The number of ether oxygens (including phenoxy) is 2. The van der Waals surface area contributed by atoms with Crippen LogP contribution in [0.5, 0.6) is 0 Å². The van der Waals surface area contributed by atoms with E-state index in [2.05, 4.69) is 29.5 Å². The lowest BCUT2D eigenvalue weighted by Crippen LogP contribution is -2.31. The molecule has 0 N–H and O–H groups in total. The third kappa shape index (κ3) is 5.98. The standard InChI is InChI=1S/C18H33IO2/c1-2-3-4-5-16-6-8-17(9-7-16)10-11-18(12-13-19)20-14-15-21-18/h16-17H,2-15H2,1H3. The first-order valence-electron chi connectivity index (χ1n) is 9.12. The van der Waals surface area contributed by atoms with Crippen LogP contribution in [0.15, 0.2) is 0 Å². The van der Waals surface area contributed by atoms with Gasteiger partial charge < -0.3 is 9.47 Å². The quantitative estimate of drug-likeness (QED) is 0.276. The van der Waals surface area contributed by atoms with Crippen molar-refractivity contribution in [3.05, 3.63) is 0 Å². The summed E-state index contributed by atoms with van der Waals surface area (Å²) in [6.07, 6.45) is 15.0. The predicted molar refractivity (Wildman–Crippen MR) is 97.0 cm³/mol. The van der Waals surface area contributed by atoms with Gasteiger partial charge in [-0.2, -0.15) is 0 Å². The lowest BCUT2D eigenvalue weighted by molar-refractivity contribution is -0.165. The Balaban J connectivity index is 1.64. The minimum atomic E-state index is -0.223. The van der Waals surface area contributed by atoms with Crippen molar-refractivity contribution in [3.8, 4) is 0 Å². The summed E-state index contributed by atoms with van der Waals surface area (Å²) in [7, 11) is 0. The summed E-state index contributed by atoms with van der Waals surface area (Å²) in [6, 6.07) is 0. The summed E-state index contributed by atoms with van der Waals surface area (Å²) >= 11 is 2.44. The van der Waals surface area contributed by atoms with Crippen molar-refractivity contribution in [2.24, 2.45) is 11.8 Å². The number of hydrogen-bond donors (Lipinski definition) is 0. The van der Waals surface area contributed by atoms with Crippen molar-refractivity contribution < 1.29 is 9.47 Å². The molecule has 0 spiro atoms. The molecule has 3 heteroatoms. The molecule has 0 radical (unpaired) electrons. The highest BCUT2D eigenvalue weighted by Gasteiger charge is 2.36. The molecule has 1 saturated carbocycles. The summed E-state index contributed by atoms with van der Waals surface area (Å²) in [5.41, 5.74) is 0. The van der Waals surface area contributed by atoms with Gasteiger partial charge in [0.15, 0.2) is 5.79 Å². The van der Waals surface area contributed by atoms with E-state index in [1.807, 2.05) is 0 Å². The molecule has 2 rings (SSSR count). The largest absolute Gasteiger partial charge is 0.348 e. The highest BCUT2D eigenvalue weighted by Crippen LogP contribution is 2.37. The Morgan fingerprint density at radius 2 is 1.52 bits per heavy atom. The molecule has 1 saturated heterocycles. The van der Waals surface area contributed by atoms with Crippen LogP contribution in [0.3, 0.4) is 0 Å². The van der Waals surface area contributed by atoms with Gasteiger partial charge in [0.1, 0.15) is 0 Å². The zero-order chi connectivity index (χ0) is 15.0. The van der Waals surface area contributed by atoms with Crippen molar-refractivity contribution in [2.75, 3.05) is 17.6 Å². The summed E-state index contributed by atoms with van der Waals surface area (Å²) in [5, 5.41) is 0. The van der Waals surface area contributed by atoms with E-state index >= 15 is 0 Å². The molecule has 2 aliphatic rings. The van der Waals surface area contributed by atoms with Crippen LogP contribution in [0.25, 0.3) is 0 Å². The lowest BCUT2D eigenvalue weighted by atomic mass is 9.77. The van der Waals surface area contributed by atoms with E-state index in [0.717, 1.165) is 42.3 Å². The van der Waals surface area contributed by atoms with Gasteiger partial charge in [-0.3, -0.25) is 0 Å². The van der Waals surface area contributed by atoms with Gasteiger partial charge in [0.05, 0.1) is 13.2 Å². The highest BCUT2D eigenvalue weighted by molar-refractivity contribution is 14.1. The van der Waals surface area contributed by atoms with Crippen LogP contribution in [-0.4, -0.2) is 23.4 Å². The van der Waals surface area contributed by atoms with E-state index in [9.17, 15) is 0 Å². The minimum Gasteiger partial charge on any atom is -0.348 e. The van der Waals surface area contributed by atoms with Crippen LogP contribution in [0.2, 0.25) is 0 Å². The fraction of sp³-hybridized carbons (Fsp3) is 1.00. The molecule has 1 heterocycles. The zero-order valence-corrected chi connectivity index (χ0v) is 15.9. The topological polar surface area (TPSA) is 18.5 Å². The second kappa shape index (κ2) is 9.71. The number of halogens is 1. The maximum absolute atomic E-state index is 5.93. The number of rotatable bonds is 9. The van der Waals surface area contributed by atoms with Crippen LogP contribution in [-0.2, 0) is 9.47 Å². The first kappa shape index (κ1) is 18.0. The second-order valence-corrected chi connectivity index (χ2v) is 8.05. The molecule has 0 bridgehead atoms. The van der Waals surface area contributed by atoms with Crippen molar-refractivity contribution in [1.82, 2.24) is 0 Å². The van der Waals surface area contributed by atoms with Crippen LogP contribution < -0.4 is 0 Å². The number of alkyl halides is 1. The van der Waals surface area contributed by atoms with Gasteiger partial charge in [-0.25, -0.2) is 0 Å². The third-order valence-corrected chi connectivity index (χ3v) is 5.94. The minimum absolute atomic E-state index is 0.223. The maximum Gasteiger partial charge on any atom is 0.169 e. The van der Waals surface area contributed by atoms with Crippen molar-refractivity contribution in [1.29, 1.82) is 0 Å². The second-order valence-electron chi connectivity index (χ2n) is 6.97. The molecule has 0 aromatic heterocycles. The van der Waals surface area contributed by atoms with Crippen LogP contribution in [0.1, 0.15) is 77.6 Å². The van der Waals surface area contributed by atoms with Gasteiger partial charge in [-0.1, -0.05) is 80.9 Å². The fourth-order valence-electron chi connectivity index (χ4n) is 3.97. The Bertz CT molecular complexity index is 268. The molecule has 2 nitrogen and oxygen atoms in total. The van der Waals surface area contributed by atoms with Crippen LogP contribution >= 0.6 is 22.6 Å². The maximum atomic E-state index is 5.93. The molecular weight excluding hydrogens is 375 g/mol. The van der Waals surface area contributed by atoms with E-state index in [0.29, 0.717) is 0 Å². The molecule has 2 fully saturated rings. The highest BCUT2D eigenvalue weighted by atomic mass is 127. The Labute approximate surface area is 144 Å². The van der Waals surface area contributed by atoms with Gasteiger partial charge in [-0.05, 0) is 18.3 Å². The predicted octanol–water partition coefficient (Wildman–Crippen LogP) is 5.72. The van der Waals surface area contributed by atoms with Crippen molar-refractivity contribution in [3.63, 3.8) is 0 Å². The van der Waals surface area contributed by atoms with E-state index in [1.54, 1.807) is 0 Å². The Morgan fingerprint density at radius 3 is 2.10 bits per heavy atom. The Kier molecular flexibility index (Phi) is 8.32. The summed E-state index contributed by atoms with van der Waals surface area (Å²) in [5.74, 6) is 1.72. The van der Waals surface area contributed by atoms with Crippen LogP contribution in [0.4, 0.5) is 0 Å². The van der Waals surface area contributed by atoms with E-state index in [4.69, 9.17) is 9.47 Å². The Morgan fingerprint density at radius 1 is 0.905 bits per heavy atom. The van der Waals surface area contributed by atoms with Gasteiger partial charge in [0.2, 0.25) is 0 Å². The molecule has 0 atom stereocenters. The molecular formula is C18H33IO2. The average Bonchev–Trinajstić information content (AvgIpc) is 2.96. The smallest absolute Gasteiger partial charge is 0.169 e. The number of hydrogen-bond acceptors (Lipinski definition) is 2. The lowest BCUT2D eigenvalue weighted by Gasteiger charge is -2.32. The molecule has 1 aliphatic heterocycles. The van der Waals surface area contributed by atoms with E-state index in [-0.39, 0.29) is 5.79 Å². The first-order valence-corrected chi connectivity index (χ1v) is 10.6. The molecule has 21 heavy (non-hydrogen) atoms. The summed E-state index contributed by atoms with van der Waals surface area (Å²) in [6.45, 7) is 3.89. The molecule has 0 aromatic carbocycles. The summed E-state index contributed by atoms with van der Waals surface area (Å²) < 4.78 is 13.0. The van der Waals surface area contributed by atoms with E-state index in [1.165, 1.54) is 57.8 Å². The van der Waals surface area contributed by atoms with E-state index < -0.39 is 0 Å². The molecule has 124 valence electrons. The van der Waals surface area contributed by atoms with Gasteiger partial charge in [0, 0.05) is 17.3 Å². The SMILES string of the molecule is CCCCCC1CCC(CCC2(CCI)OCCO2)CC1. The molecule has 0 aromatic rings. The van der Waals surface area contributed by atoms with Gasteiger partial charge in [0.25, 0.3) is 0 Å². The first-order chi connectivity index (χ1) is 10.3. The van der Waals surface area contributed by atoms with Gasteiger partial charge in [-0.15, -0.1) is 0 Å². The number of unbranched alkanes of at least 4 members (excludes halogenated alkanes) is 2. The molecule has 1 aliphatic carbocycles. The normalized spacial score (nSPS) is 28.9. The zero-order valence-electron chi connectivity index (χ0n) is 13.7. The van der Waals surface area contributed by atoms with Crippen LogP contribution in [0, 0.1) is 11.8 Å². The monoisotopic (exact) mass is 408 g/mol. The Hall–Kier alpha value is 0.650. The summed E-state index contributed by atoms with van der Waals surface area (Å²) in [4.78, 5) is 0.